The second-order valence-electron chi connectivity index (χ2n) is 11.3. The zero-order chi connectivity index (χ0) is 21.3. The van der Waals surface area contributed by atoms with Gasteiger partial charge in [-0.2, -0.15) is 0 Å². The summed E-state index contributed by atoms with van der Waals surface area (Å²) in [5, 5.41) is 12.2. The van der Waals surface area contributed by atoms with Crippen molar-refractivity contribution in [2.75, 3.05) is 6.61 Å². The Hall–Kier alpha value is -1.36. The van der Waals surface area contributed by atoms with Crippen molar-refractivity contribution in [3.63, 3.8) is 0 Å². The average molecular weight is 417 g/mol. The van der Waals surface area contributed by atoms with Gasteiger partial charge in [0.2, 0.25) is 0 Å². The summed E-state index contributed by atoms with van der Waals surface area (Å²) in [6, 6.07) is 0. The predicted molar refractivity (Wildman–Crippen MR) is 111 cm³/mol. The Balaban J connectivity index is 1.40. The van der Waals surface area contributed by atoms with Gasteiger partial charge in [0.05, 0.1) is 5.60 Å². The van der Waals surface area contributed by atoms with Crippen molar-refractivity contribution in [2.45, 2.75) is 90.3 Å². The molecule has 0 bridgehead atoms. The molecule has 0 aromatic rings. The molecule has 166 valence electrons. The van der Waals surface area contributed by atoms with Crippen LogP contribution in [0.5, 0.6) is 0 Å². The minimum Gasteiger partial charge on any atom is -0.463 e. The summed E-state index contributed by atoms with van der Waals surface area (Å²) in [7, 11) is 0. The van der Waals surface area contributed by atoms with E-state index < -0.39 is 5.60 Å². The Labute approximate surface area is 179 Å². The van der Waals surface area contributed by atoms with E-state index in [1.54, 1.807) is 6.08 Å². The van der Waals surface area contributed by atoms with Crippen molar-refractivity contribution in [3.05, 3.63) is 11.6 Å². The lowest BCUT2D eigenvalue weighted by Crippen LogP contribution is -2.62. The van der Waals surface area contributed by atoms with Crippen LogP contribution in [0.25, 0.3) is 0 Å². The van der Waals surface area contributed by atoms with E-state index in [0.717, 1.165) is 63.4 Å². The standard InChI is InChI=1S/C25H36O5/c1-15(26)30-18-6-9-23(2)17(13-18)4-5-21-20(23)7-10-24(3)19(8-11-25(21,24)28)16-12-22(27)29-14-16/h12,17-21,28H,4-11,13-14H2,1-3H3/t17?,18?,19-,20+,21-,23+,24-,25-/m1/s1. The molecule has 1 heterocycles. The molecule has 4 aliphatic carbocycles. The number of carbonyl (C=O) groups is 2. The number of fused-ring (bicyclic) bond motifs is 5. The summed E-state index contributed by atoms with van der Waals surface area (Å²) in [4.78, 5) is 23.1. The third-order valence-corrected chi connectivity index (χ3v) is 10.3. The predicted octanol–water partition coefficient (Wildman–Crippen LogP) is 4.18. The van der Waals surface area contributed by atoms with Gasteiger partial charge >= 0.3 is 11.9 Å². The molecule has 0 amide bonds. The van der Waals surface area contributed by atoms with Gasteiger partial charge in [0.1, 0.15) is 12.7 Å². The molecule has 0 aromatic heterocycles. The number of rotatable bonds is 2. The quantitative estimate of drug-likeness (QED) is 0.684. The number of esters is 2. The van der Waals surface area contributed by atoms with Crippen LogP contribution in [0.3, 0.4) is 0 Å². The fourth-order valence-electron chi connectivity index (χ4n) is 8.71. The smallest absolute Gasteiger partial charge is 0.331 e. The summed E-state index contributed by atoms with van der Waals surface area (Å²) < 4.78 is 10.8. The lowest BCUT2D eigenvalue weighted by Gasteiger charge is -2.63. The summed E-state index contributed by atoms with van der Waals surface area (Å²) >= 11 is 0. The molecule has 8 atom stereocenters. The summed E-state index contributed by atoms with van der Waals surface area (Å²) in [5.74, 6) is 1.29. The lowest BCUT2D eigenvalue weighted by atomic mass is 9.43. The molecule has 2 unspecified atom stereocenters. The number of hydrogen-bond acceptors (Lipinski definition) is 5. The normalized spacial score (nSPS) is 50.1. The molecule has 30 heavy (non-hydrogen) atoms. The summed E-state index contributed by atoms with van der Waals surface area (Å²) in [5.41, 5.74) is 0.485. The number of carbonyl (C=O) groups excluding carboxylic acids is 2. The van der Waals surface area contributed by atoms with Crippen LogP contribution >= 0.6 is 0 Å². The van der Waals surface area contributed by atoms with Crippen molar-refractivity contribution in [2.24, 2.45) is 34.5 Å². The molecular formula is C25H36O5. The molecule has 5 nitrogen and oxygen atoms in total. The van der Waals surface area contributed by atoms with E-state index in [0.29, 0.717) is 24.4 Å². The molecular weight excluding hydrogens is 380 g/mol. The fourth-order valence-corrected chi connectivity index (χ4v) is 8.71. The van der Waals surface area contributed by atoms with E-state index in [9.17, 15) is 14.7 Å². The number of aliphatic hydroxyl groups is 1. The van der Waals surface area contributed by atoms with Crippen LogP contribution in [0, 0.1) is 34.5 Å². The van der Waals surface area contributed by atoms with Crippen LogP contribution in [0.15, 0.2) is 11.6 Å². The van der Waals surface area contributed by atoms with Crippen LogP contribution in [0.1, 0.15) is 78.6 Å². The Morgan fingerprint density at radius 2 is 1.90 bits per heavy atom. The molecule has 4 fully saturated rings. The Morgan fingerprint density at radius 1 is 1.10 bits per heavy atom. The fraction of sp³-hybridized carbons (Fsp3) is 0.840. The van der Waals surface area contributed by atoms with Gasteiger partial charge in [-0.15, -0.1) is 0 Å². The van der Waals surface area contributed by atoms with Crippen molar-refractivity contribution in [1.29, 1.82) is 0 Å². The van der Waals surface area contributed by atoms with E-state index in [1.807, 2.05) is 0 Å². The highest BCUT2D eigenvalue weighted by molar-refractivity contribution is 5.85. The van der Waals surface area contributed by atoms with Gasteiger partial charge in [0.25, 0.3) is 0 Å². The minimum absolute atomic E-state index is 0.0665. The molecule has 0 spiro atoms. The van der Waals surface area contributed by atoms with Gasteiger partial charge in [-0.3, -0.25) is 4.79 Å². The van der Waals surface area contributed by atoms with E-state index in [2.05, 4.69) is 13.8 Å². The molecule has 5 heteroatoms. The minimum atomic E-state index is -0.659. The first-order chi connectivity index (χ1) is 14.2. The monoisotopic (exact) mass is 416 g/mol. The molecule has 0 aromatic carbocycles. The van der Waals surface area contributed by atoms with E-state index in [1.165, 1.54) is 6.92 Å². The van der Waals surface area contributed by atoms with Crippen LogP contribution in [0.2, 0.25) is 0 Å². The number of cyclic esters (lactones) is 1. The maximum absolute atomic E-state index is 12.2. The molecule has 4 saturated carbocycles. The molecule has 0 radical (unpaired) electrons. The van der Waals surface area contributed by atoms with E-state index in [-0.39, 0.29) is 34.8 Å². The molecule has 1 N–H and O–H groups in total. The highest BCUT2D eigenvalue weighted by atomic mass is 16.5. The van der Waals surface area contributed by atoms with Crippen molar-refractivity contribution < 1.29 is 24.2 Å². The largest absolute Gasteiger partial charge is 0.463 e. The Morgan fingerprint density at radius 3 is 2.60 bits per heavy atom. The maximum atomic E-state index is 12.2. The first-order valence-corrected chi connectivity index (χ1v) is 11.9. The number of ether oxygens (including phenoxy) is 2. The van der Waals surface area contributed by atoms with Crippen LogP contribution < -0.4 is 0 Å². The molecule has 0 saturated heterocycles. The SMILES string of the molecule is CC(=O)OC1CC[C@@]2(C)C(CC[C@@H]3[C@@H]2CC[C@]2(C)[C@@H](C4=CC(=O)OC4)CC[C@@]32O)C1. The summed E-state index contributed by atoms with van der Waals surface area (Å²) in [6.07, 6.45) is 10.9. The van der Waals surface area contributed by atoms with E-state index >= 15 is 0 Å². The van der Waals surface area contributed by atoms with Gasteiger partial charge in [0, 0.05) is 18.4 Å². The Bertz CT molecular complexity index is 788. The van der Waals surface area contributed by atoms with Crippen molar-refractivity contribution in [3.8, 4) is 0 Å². The second kappa shape index (κ2) is 6.82. The van der Waals surface area contributed by atoms with Crippen LogP contribution in [0.4, 0.5) is 0 Å². The molecule has 1 aliphatic heterocycles. The van der Waals surface area contributed by atoms with Gasteiger partial charge in [-0.05, 0) is 92.4 Å². The molecule has 5 rings (SSSR count). The highest BCUT2D eigenvalue weighted by Gasteiger charge is 2.67. The van der Waals surface area contributed by atoms with Crippen molar-refractivity contribution >= 4 is 11.9 Å². The zero-order valence-electron chi connectivity index (χ0n) is 18.6. The van der Waals surface area contributed by atoms with Gasteiger partial charge in [-0.1, -0.05) is 13.8 Å². The first kappa shape index (κ1) is 20.5. The van der Waals surface area contributed by atoms with Crippen LogP contribution in [-0.2, 0) is 19.1 Å². The van der Waals surface area contributed by atoms with Gasteiger partial charge in [-0.25, -0.2) is 4.79 Å². The third kappa shape index (κ3) is 2.76. The Kier molecular flexibility index (Phi) is 4.67. The highest BCUT2D eigenvalue weighted by Crippen LogP contribution is 2.69. The first-order valence-electron chi connectivity index (χ1n) is 11.9. The second-order valence-corrected chi connectivity index (χ2v) is 11.3. The topological polar surface area (TPSA) is 72.8 Å². The maximum Gasteiger partial charge on any atom is 0.331 e. The van der Waals surface area contributed by atoms with Gasteiger partial charge in [0.15, 0.2) is 0 Å². The lowest BCUT2D eigenvalue weighted by molar-refractivity contribution is -0.209. The van der Waals surface area contributed by atoms with Gasteiger partial charge < -0.3 is 14.6 Å². The third-order valence-electron chi connectivity index (χ3n) is 10.3. The zero-order valence-corrected chi connectivity index (χ0v) is 18.6. The van der Waals surface area contributed by atoms with Crippen LogP contribution in [-0.4, -0.2) is 35.4 Å². The molecule has 5 aliphatic rings. The van der Waals surface area contributed by atoms with Crippen molar-refractivity contribution in [1.82, 2.24) is 0 Å². The van der Waals surface area contributed by atoms with E-state index in [4.69, 9.17) is 9.47 Å². The number of hydrogen-bond donors (Lipinski definition) is 1. The average Bonchev–Trinajstić information content (AvgIpc) is 3.22. The summed E-state index contributed by atoms with van der Waals surface area (Å²) in [6.45, 7) is 6.64.